The van der Waals surface area contributed by atoms with Gasteiger partial charge in [-0.2, -0.15) is 4.31 Å². The summed E-state index contributed by atoms with van der Waals surface area (Å²) in [4.78, 5) is 0. The number of nitrogens with one attached hydrogen (secondary N) is 1. The Balaban J connectivity index is 2.88. The Morgan fingerprint density at radius 2 is 1.94 bits per heavy atom. The van der Waals surface area contributed by atoms with E-state index in [9.17, 15) is 16.8 Å². The van der Waals surface area contributed by atoms with E-state index in [1.807, 2.05) is 6.92 Å². The average molecular weight is 284 g/mol. The highest BCUT2D eigenvalue weighted by molar-refractivity contribution is 8.06. The molecule has 8 heteroatoms. The maximum Gasteiger partial charge on any atom is 0.228 e. The summed E-state index contributed by atoms with van der Waals surface area (Å²) in [5.74, 6) is 0. The topological polar surface area (TPSA) is 83.6 Å². The standard InChI is InChI=1S/C9H20N2O4S2/c1-3-6-11(9-4-5-10-7-9)17(14,15)8-16(2,12)13/h9-10H,3-8H2,1-2H3. The van der Waals surface area contributed by atoms with Gasteiger partial charge in [-0.1, -0.05) is 6.92 Å². The van der Waals surface area contributed by atoms with Crippen molar-refractivity contribution in [3.8, 4) is 0 Å². The van der Waals surface area contributed by atoms with E-state index in [-0.39, 0.29) is 6.04 Å². The highest BCUT2D eigenvalue weighted by Gasteiger charge is 2.33. The predicted molar refractivity (Wildman–Crippen MR) is 66.9 cm³/mol. The quantitative estimate of drug-likeness (QED) is 0.703. The summed E-state index contributed by atoms with van der Waals surface area (Å²) >= 11 is 0. The first kappa shape index (κ1) is 14.9. The SMILES string of the molecule is CCCN(C1CCNC1)S(=O)(=O)CS(C)(=O)=O. The second kappa shape index (κ2) is 5.64. The van der Waals surface area contributed by atoms with E-state index in [1.54, 1.807) is 0 Å². The Morgan fingerprint density at radius 3 is 2.35 bits per heavy atom. The summed E-state index contributed by atoms with van der Waals surface area (Å²) in [5, 5.41) is 2.30. The third-order valence-electron chi connectivity index (χ3n) is 2.61. The molecule has 1 heterocycles. The van der Waals surface area contributed by atoms with Crippen LogP contribution in [0.1, 0.15) is 19.8 Å². The lowest BCUT2D eigenvalue weighted by Gasteiger charge is -2.26. The number of nitrogens with zero attached hydrogens (tertiary/aromatic N) is 1. The average Bonchev–Trinajstić information content (AvgIpc) is 2.62. The van der Waals surface area contributed by atoms with Gasteiger partial charge in [-0.05, 0) is 19.4 Å². The maximum absolute atomic E-state index is 12.0. The predicted octanol–water partition coefficient (Wildman–Crippen LogP) is -0.608. The van der Waals surface area contributed by atoms with Gasteiger partial charge in [0.2, 0.25) is 10.0 Å². The van der Waals surface area contributed by atoms with Crippen LogP contribution in [-0.2, 0) is 19.9 Å². The molecule has 6 nitrogen and oxygen atoms in total. The highest BCUT2D eigenvalue weighted by atomic mass is 32.3. The van der Waals surface area contributed by atoms with E-state index in [4.69, 9.17) is 0 Å². The van der Waals surface area contributed by atoms with Crippen molar-refractivity contribution in [2.75, 3.05) is 31.0 Å². The second-order valence-corrected chi connectivity index (χ2v) is 8.84. The van der Waals surface area contributed by atoms with Crippen molar-refractivity contribution in [3.63, 3.8) is 0 Å². The van der Waals surface area contributed by atoms with E-state index >= 15 is 0 Å². The van der Waals surface area contributed by atoms with E-state index in [1.165, 1.54) is 4.31 Å². The van der Waals surface area contributed by atoms with Gasteiger partial charge in [-0.25, -0.2) is 16.8 Å². The molecule has 0 spiro atoms. The fourth-order valence-electron chi connectivity index (χ4n) is 1.99. The highest BCUT2D eigenvalue weighted by Crippen LogP contribution is 2.15. The molecule has 0 radical (unpaired) electrons. The van der Waals surface area contributed by atoms with Crippen LogP contribution < -0.4 is 5.32 Å². The van der Waals surface area contributed by atoms with Gasteiger partial charge in [0.05, 0.1) is 0 Å². The monoisotopic (exact) mass is 284 g/mol. The fourth-order valence-corrected chi connectivity index (χ4v) is 5.79. The van der Waals surface area contributed by atoms with E-state index in [0.717, 1.165) is 19.2 Å². The van der Waals surface area contributed by atoms with Gasteiger partial charge in [0, 0.05) is 25.4 Å². The summed E-state index contributed by atoms with van der Waals surface area (Å²) in [6, 6.07) is -0.110. The maximum atomic E-state index is 12.0. The molecule has 0 saturated carbocycles. The summed E-state index contributed by atoms with van der Waals surface area (Å²) in [5.41, 5.74) is 0. The zero-order valence-electron chi connectivity index (χ0n) is 10.2. The molecule has 0 aromatic heterocycles. The fraction of sp³-hybridized carbons (Fsp3) is 1.00. The van der Waals surface area contributed by atoms with Crippen LogP contribution in [0.25, 0.3) is 0 Å². The summed E-state index contributed by atoms with van der Waals surface area (Å²) in [6.45, 7) is 3.64. The minimum absolute atomic E-state index is 0.110. The Labute approximate surface area is 103 Å². The Kier molecular flexibility index (Phi) is 4.94. The lowest BCUT2D eigenvalue weighted by Crippen LogP contribution is -2.44. The lowest BCUT2D eigenvalue weighted by molar-refractivity contribution is 0.337. The van der Waals surface area contributed by atoms with Crippen LogP contribution >= 0.6 is 0 Å². The third-order valence-corrected chi connectivity index (χ3v) is 6.71. The van der Waals surface area contributed by atoms with E-state index in [2.05, 4.69) is 5.32 Å². The molecule has 1 rings (SSSR count). The Hall–Kier alpha value is -0.180. The van der Waals surface area contributed by atoms with Crippen LogP contribution in [0.15, 0.2) is 0 Å². The Morgan fingerprint density at radius 1 is 1.29 bits per heavy atom. The summed E-state index contributed by atoms with van der Waals surface area (Å²) in [7, 11) is -7.25. The number of sulfone groups is 1. The number of rotatable bonds is 6. The van der Waals surface area contributed by atoms with Crippen LogP contribution in [0, 0.1) is 0 Å². The molecule has 0 aliphatic carbocycles. The van der Waals surface area contributed by atoms with Crippen molar-refractivity contribution in [1.29, 1.82) is 0 Å². The number of sulfonamides is 1. The lowest BCUT2D eigenvalue weighted by atomic mass is 10.2. The van der Waals surface area contributed by atoms with Gasteiger partial charge < -0.3 is 5.32 Å². The molecule has 102 valence electrons. The van der Waals surface area contributed by atoms with Crippen molar-refractivity contribution in [2.45, 2.75) is 25.8 Å². The molecule has 1 saturated heterocycles. The molecule has 17 heavy (non-hydrogen) atoms. The zero-order valence-corrected chi connectivity index (χ0v) is 11.8. The molecular weight excluding hydrogens is 264 g/mol. The Bertz CT molecular complexity index is 438. The van der Waals surface area contributed by atoms with Gasteiger partial charge in [0.15, 0.2) is 14.9 Å². The van der Waals surface area contributed by atoms with Crippen molar-refractivity contribution in [3.05, 3.63) is 0 Å². The van der Waals surface area contributed by atoms with Crippen LogP contribution in [0.2, 0.25) is 0 Å². The minimum Gasteiger partial charge on any atom is -0.315 e. The van der Waals surface area contributed by atoms with E-state index in [0.29, 0.717) is 19.5 Å². The van der Waals surface area contributed by atoms with Crippen molar-refractivity contribution in [1.82, 2.24) is 9.62 Å². The number of hydrogen-bond donors (Lipinski definition) is 1. The molecule has 1 aliphatic rings. The second-order valence-electron chi connectivity index (χ2n) is 4.41. The van der Waals surface area contributed by atoms with Crippen LogP contribution in [0.5, 0.6) is 0 Å². The third kappa shape index (κ3) is 4.53. The molecule has 0 aromatic rings. The largest absolute Gasteiger partial charge is 0.315 e. The van der Waals surface area contributed by atoms with Gasteiger partial charge in [0.25, 0.3) is 0 Å². The van der Waals surface area contributed by atoms with Crippen molar-refractivity contribution in [2.24, 2.45) is 0 Å². The zero-order chi connectivity index (χ0) is 13.1. The van der Waals surface area contributed by atoms with Crippen molar-refractivity contribution >= 4 is 19.9 Å². The minimum atomic E-state index is -3.72. The van der Waals surface area contributed by atoms with Gasteiger partial charge >= 0.3 is 0 Å². The molecule has 1 fully saturated rings. The van der Waals surface area contributed by atoms with Gasteiger partial charge in [-0.15, -0.1) is 0 Å². The molecule has 0 amide bonds. The molecule has 1 atom stereocenters. The molecular formula is C9H20N2O4S2. The van der Waals surface area contributed by atoms with Crippen LogP contribution in [0.3, 0.4) is 0 Å². The van der Waals surface area contributed by atoms with E-state index < -0.39 is 24.9 Å². The van der Waals surface area contributed by atoms with Gasteiger partial charge in [0.1, 0.15) is 0 Å². The first-order valence-electron chi connectivity index (χ1n) is 5.64. The first-order valence-corrected chi connectivity index (χ1v) is 9.31. The smallest absolute Gasteiger partial charge is 0.228 e. The van der Waals surface area contributed by atoms with Crippen LogP contribution in [0.4, 0.5) is 0 Å². The van der Waals surface area contributed by atoms with Crippen LogP contribution in [-0.4, -0.2) is 58.2 Å². The van der Waals surface area contributed by atoms with Gasteiger partial charge in [-0.3, -0.25) is 0 Å². The molecule has 0 aromatic carbocycles. The first-order chi connectivity index (χ1) is 7.76. The number of hydrogen-bond acceptors (Lipinski definition) is 5. The molecule has 1 aliphatic heterocycles. The molecule has 0 bridgehead atoms. The van der Waals surface area contributed by atoms with Crippen molar-refractivity contribution < 1.29 is 16.8 Å². The molecule has 1 unspecified atom stereocenters. The summed E-state index contributed by atoms with van der Waals surface area (Å²) < 4.78 is 47.7. The normalized spacial score (nSPS) is 22.2. The summed E-state index contributed by atoms with van der Waals surface area (Å²) in [6.07, 6.45) is 2.37. The molecule has 1 N–H and O–H groups in total.